The third-order valence-corrected chi connectivity index (χ3v) is 2.74. The average Bonchev–Trinajstić information content (AvgIpc) is 2.19. The van der Waals surface area contributed by atoms with Gasteiger partial charge in [0, 0.05) is 6.07 Å². The van der Waals surface area contributed by atoms with E-state index in [-0.39, 0.29) is 6.10 Å². The Balaban J connectivity index is 2.67. The van der Waals surface area contributed by atoms with Crippen molar-refractivity contribution < 1.29 is 4.74 Å². The van der Waals surface area contributed by atoms with Gasteiger partial charge in [-0.2, -0.15) is 0 Å². The highest BCUT2D eigenvalue weighted by molar-refractivity contribution is 6.32. The highest BCUT2D eigenvalue weighted by Gasteiger charge is 2.09. The second-order valence-electron chi connectivity index (χ2n) is 4.27. The smallest absolute Gasteiger partial charge is 0.213 e. The van der Waals surface area contributed by atoms with E-state index in [1.807, 2.05) is 6.92 Å². The molecule has 0 radical (unpaired) electrons. The first-order valence-corrected chi connectivity index (χ1v) is 6.32. The number of hydrogen-bond acceptors (Lipinski definition) is 2. The van der Waals surface area contributed by atoms with Crippen LogP contribution in [0.1, 0.15) is 32.9 Å². The summed E-state index contributed by atoms with van der Waals surface area (Å²) >= 11 is 11.6. The SMILES string of the molecule is CC(C)CC(C)Oc1ccc(Cl)c(CCl)n1. The molecule has 0 aliphatic heterocycles. The van der Waals surface area contributed by atoms with E-state index in [2.05, 4.69) is 18.8 Å². The molecule has 0 aliphatic carbocycles. The molecule has 1 aromatic rings. The van der Waals surface area contributed by atoms with Crippen LogP contribution < -0.4 is 4.74 Å². The second kappa shape index (κ2) is 6.31. The van der Waals surface area contributed by atoms with Gasteiger partial charge in [0.25, 0.3) is 0 Å². The van der Waals surface area contributed by atoms with Gasteiger partial charge in [-0.3, -0.25) is 0 Å². The Morgan fingerprint density at radius 3 is 2.56 bits per heavy atom. The Bertz CT molecular complexity index is 342. The van der Waals surface area contributed by atoms with E-state index in [0.717, 1.165) is 6.42 Å². The molecule has 0 fully saturated rings. The summed E-state index contributed by atoms with van der Waals surface area (Å²) in [5, 5.41) is 0.582. The van der Waals surface area contributed by atoms with Crippen LogP contribution in [0.25, 0.3) is 0 Å². The van der Waals surface area contributed by atoms with Gasteiger partial charge in [0.2, 0.25) is 5.88 Å². The van der Waals surface area contributed by atoms with Crippen LogP contribution in [0.4, 0.5) is 0 Å². The van der Waals surface area contributed by atoms with Crippen LogP contribution >= 0.6 is 23.2 Å². The summed E-state index contributed by atoms with van der Waals surface area (Å²) in [5.74, 6) is 1.50. The fraction of sp³-hybridized carbons (Fsp3) is 0.583. The van der Waals surface area contributed by atoms with Gasteiger partial charge in [0.1, 0.15) is 0 Å². The van der Waals surface area contributed by atoms with Crippen LogP contribution in [-0.4, -0.2) is 11.1 Å². The molecule has 4 heteroatoms. The topological polar surface area (TPSA) is 22.1 Å². The molecule has 0 spiro atoms. The second-order valence-corrected chi connectivity index (χ2v) is 4.94. The number of halogens is 2. The van der Waals surface area contributed by atoms with Crippen molar-refractivity contribution in [3.63, 3.8) is 0 Å². The normalized spacial score (nSPS) is 12.9. The molecular weight excluding hydrogens is 245 g/mol. The summed E-state index contributed by atoms with van der Waals surface area (Å²) < 4.78 is 5.69. The van der Waals surface area contributed by atoms with E-state index in [1.165, 1.54) is 0 Å². The molecule has 0 saturated heterocycles. The Labute approximate surface area is 107 Å². The van der Waals surface area contributed by atoms with Crippen molar-refractivity contribution >= 4 is 23.2 Å². The molecule has 16 heavy (non-hydrogen) atoms. The van der Waals surface area contributed by atoms with Crippen molar-refractivity contribution in [1.82, 2.24) is 4.98 Å². The minimum absolute atomic E-state index is 0.150. The first-order chi connectivity index (χ1) is 7.52. The minimum Gasteiger partial charge on any atom is -0.475 e. The van der Waals surface area contributed by atoms with Crippen LogP contribution in [0.2, 0.25) is 5.02 Å². The maximum absolute atomic E-state index is 5.91. The Hall–Kier alpha value is -0.470. The summed E-state index contributed by atoms with van der Waals surface area (Å²) in [4.78, 5) is 4.25. The van der Waals surface area contributed by atoms with Gasteiger partial charge < -0.3 is 4.74 Å². The predicted molar refractivity (Wildman–Crippen MR) is 68.3 cm³/mol. The lowest BCUT2D eigenvalue weighted by molar-refractivity contribution is 0.185. The molecule has 1 heterocycles. The van der Waals surface area contributed by atoms with Gasteiger partial charge in [-0.15, -0.1) is 11.6 Å². The van der Waals surface area contributed by atoms with Gasteiger partial charge in [0.15, 0.2) is 0 Å². The largest absolute Gasteiger partial charge is 0.475 e. The molecule has 0 aliphatic rings. The third kappa shape index (κ3) is 4.18. The standard InChI is InChI=1S/C12H17Cl2NO/c1-8(2)6-9(3)16-12-5-4-10(14)11(7-13)15-12/h4-5,8-9H,6-7H2,1-3H3. The van der Waals surface area contributed by atoms with E-state index in [9.17, 15) is 0 Å². The molecule has 1 atom stereocenters. The summed E-state index contributed by atoms with van der Waals surface area (Å²) in [6, 6.07) is 3.54. The quantitative estimate of drug-likeness (QED) is 0.738. The summed E-state index contributed by atoms with van der Waals surface area (Å²) in [7, 11) is 0. The Kier molecular flexibility index (Phi) is 5.36. The van der Waals surface area contributed by atoms with E-state index in [4.69, 9.17) is 27.9 Å². The van der Waals surface area contributed by atoms with Crippen molar-refractivity contribution in [2.45, 2.75) is 39.2 Å². The fourth-order valence-electron chi connectivity index (χ4n) is 1.54. The molecule has 0 amide bonds. The van der Waals surface area contributed by atoms with Crippen molar-refractivity contribution in [1.29, 1.82) is 0 Å². The molecule has 1 aromatic heterocycles. The first-order valence-electron chi connectivity index (χ1n) is 5.41. The molecule has 1 rings (SSSR count). The molecule has 90 valence electrons. The molecule has 2 nitrogen and oxygen atoms in total. The van der Waals surface area contributed by atoms with Crippen LogP contribution in [0.5, 0.6) is 5.88 Å². The van der Waals surface area contributed by atoms with E-state index in [1.54, 1.807) is 12.1 Å². The number of ether oxygens (including phenoxy) is 1. The molecule has 0 aromatic carbocycles. The summed E-state index contributed by atoms with van der Waals surface area (Å²) in [6.07, 6.45) is 1.15. The molecule has 1 unspecified atom stereocenters. The van der Waals surface area contributed by atoms with Crippen LogP contribution in [-0.2, 0) is 5.88 Å². The van der Waals surface area contributed by atoms with E-state index < -0.39 is 0 Å². The van der Waals surface area contributed by atoms with Gasteiger partial charge >= 0.3 is 0 Å². The Morgan fingerprint density at radius 1 is 1.31 bits per heavy atom. The zero-order valence-electron chi connectivity index (χ0n) is 9.84. The number of aromatic nitrogens is 1. The van der Waals surface area contributed by atoms with Gasteiger partial charge in [-0.05, 0) is 25.3 Å². The van der Waals surface area contributed by atoms with Crippen molar-refractivity contribution in [2.24, 2.45) is 5.92 Å². The van der Waals surface area contributed by atoms with Crippen LogP contribution in [0.3, 0.4) is 0 Å². The number of pyridine rings is 1. The van der Waals surface area contributed by atoms with Crippen LogP contribution in [0, 0.1) is 5.92 Å². The van der Waals surface area contributed by atoms with Gasteiger partial charge in [-0.1, -0.05) is 25.4 Å². The van der Waals surface area contributed by atoms with E-state index in [0.29, 0.717) is 28.4 Å². The van der Waals surface area contributed by atoms with Crippen molar-refractivity contribution in [3.05, 3.63) is 22.8 Å². The highest BCUT2D eigenvalue weighted by Crippen LogP contribution is 2.21. The number of hydrogen-bond donors (Lipinski definition) is 0. The lowest BCUT2D eigenvalue weighted by Crippen LogP contribution is -2.15. The highest BCUT2D eigenvalue weighted by atomic mass is 35.5. The van der Waals surface area contributed by atoms with Crippen LogP contribution in [0.15, 0.2) is 12.1 Å². The van der Waals surface area contributed by atoms with Gasteiger partial charge in [-0.25, -0.2) is 4.98 Å². The lowest BCUT2D eigenvalue weighted by Gasteiger charge is -2.16. The molecule has 0 saturated carbocycles. The fourth-order valence-corrected chi connectivity index (χ4v) is 1.99. The minimum atomic E-state index is 0.150. The predicted octanol–water partition coefficient (Wildman–Crippen LogP) is 4.29. The molecular formula is C12H17Cl2NO. The maximum Gasteiger partial charge on any atom is 0.213 e. The lowest BCUT2D eigenvalue weighted by atomic mass is 10.1. The molecule has 0 N–H and O–H groups in total. The monoisotopic (exact) mass is 261 g/mol. The van der Waals surface area contributed by atoms with E-state index >= 15 is 0 Å². The summed E-state index contributed by atoms with van der Waals surface area (Å²) in [6.45, 7) is 6.37. The zero-order valence-corrected chi connectivity index (χ0v) is 11.3. The Morgan fingerprint density at radius 2 is 2.00 bits per heavy atom. The van der Waals surface area contributed by atoms with Gasteiger partial charge in [0.05, 0.1) is 22.7 Å². The summed E-state index contributed by atoms with van der Waals surface area (Å²) in [5.41, 5.74) is 0.664. The maximum atomic E-state index is 5.91. The zero-order chi connectivity index (χ0) is 12.1. The average molecular weight is 262 g/mol. The van der Waals surface area contributed by atoms with Crippen molar-refractivity contribution in [2.75, 3.05) is 0 Å². The number of alkyl halides is 1. The number of rotatable bonds is 5. The molecule has 0 bridgehead atoms. The third-order valence-electron chi connectivity index (χ3n) is 2.14. The van der Waals surface area contributed by atoms with Crippen molar-refractivity contribution in [3.8, 4) is 5.88 Å². The first kappa shape index (κ1) is 13.6. The number of nitrogens with zero attached hydrogens (tertiary/aromatic N) is 1.